The monoisotopic (exact) mass is 1290 g/mol. The van der Waals surface area contributed by atoms with Crippen molar-refractivity contribution >= 4 is 174 Å². The molecule has 7 nitrogen and oxygen atoms in total. The van der Waals surface area contributed by atoms with E-state index in [1.807, 2.05) is 0 Å². The summed E-state index contributed by atoms with van der Waals surface area (Å²) in [5, 5.41) is 12.6. The van der Waals surface area contributed by atoms with Crippen LogP contribution in [0.4, 0.5) is 0 Å². The molecule has 1 saturated heterocycles. The first-order valence-electron chi connectivity index (χ1n) is 15.3. The molecule has 2 aliphatic carbocycles. The van der Waals surface area contributed by atoms with Crippen LogP contribution in [0.3, 0.4) is 0 Å². The summed E-state index contributed by atoms with van der Waals surface area (Å²) in [6.07, 6.45) is 1.93. The van der Waals surface area contributed by atoms with Gasteiger partial charge in [0.2, 0.25) is 0 Å². The van der Waals surface area contributed by atoms with E-state index >= 15 is 0 Å². The van der Waals surface area contributed by atoms with E-state index in [9.17, 15) is 14.7 Å². The molecule has 51 heavy (non-hydrogen) atoms. The summed E-state index contributed by atoms with van der Waals surface area (Å²) in [5.41, 5.74) is -1.29. The number of allylic oxidation sites excluding steroid dienone is 1. The second-order valence-corrected chi connectivity index (χ2v) is 86.1. The summed E-state index contributed by atoms with van der Waals surface area (Å²) < 4.78 is 27.1. The molecule has 28 heteroatoms. The van der Waals surface area contributed by atoms with Crippen LogP contribution in [0.25, 0.3) is 0 Å². The molecule has 0 aromatic heterocycles. The van der Waals surface area contributed by atoms with E-state index in [1.54, 1.807) is 6.92 Å². The van der Waals surface area contributed by atoms with E-state index in [0.29, 0.717) is 12.8 Å². The van der Waals surface area contributed by atoms with E-state index in [4.69, 9.17) is 18.5 Å². The number of ketones is 1. The second kappa shape index (κ2) is 24.3. The van der Waals surface area contributed by atoms with Gasteiger partial charge in [0.25, 0.3) is 0 Å². The first-order chi connectivity index (χ1) is 22.9. The molecule has 3 aliphatic rings. The molecule has 21 atom stereocenters. The fraction of sp³-hybridized carbons (Fsp3) is 0.826. The van der Waals surface area contributed by atoms with Crippen molar-refractivity contribution in [2.75, 3.05) is 6.61 Å². The average Bonchev–Trinajstić information content (AvgIpc) is 2.94. The van der Waals surface area contributed by atoms with Crippen molar-refractivity contribution in [3.8, 4) is 0 Å². The number of carbonyl (C=O) groups excluding carboxylic acids is 2. The summed E-state index contributed by atoms with van der Waals surface area (Å²) in [7, 11) is 31.7. The van der Waals surface area contributed by atoms with Crippen molar-refractivity contribution in [3.63, 3.8) is 0 Å². The molecule has 2 fully saturated rings. The molecule has 0 amide bonds. The zero-order chi connectivity index (χ0) is 38.3. The molecule has 3 rings (SSSR count). The molecular formula is C23H56AcO7P20. The van der Waals surface area contributed by atoms with Gasteiger partial charge in [0, 0.05) is 95.1 Å². The predicted molar refractivity (Wildman–Crippen MR) is 276 cm³/mol. The Balaban J connectivity index is 0.00000901. The van der Waals surface area contributed by atoms with Crippen molar-refractivity contribution in [2.24, 2.45) is 22.7 Å². The van der Waals surface area contributed by atoms with Gasteiger partial charge in [-0.15, -0.1) is 89.3 Å². The van der Waals surface area contributed by atoms with Gasteiger partial charge in [-0.1, -0.05) is 35.8 Å². The minimum absolute atomic E-state index is 0. The standard InChI is InChI=1S/C23H56O7P20.Ac/c1-12-9-21(4,5)15(7-16(12)29-43(49(41)46(35)36)50(47(37)38)48(39)40)19(28-14(3)25)20-22(6,10-13(2)24)17(8-18-23(20,26)11-27-18)30-42(44(31)32)45(33)34;/h9,15-20,26H,7-8,10-11,31-41H2,1-6H3;/t15?,16-,17-,18+,19+,20?,22+,23-,43?,49?;/m0./s1. The van der Waals surface area contributed by atoms with Crippen LogP contribution in [-0.2, 0) is 28.1 Å². The molecule has 1 aliphatic heterocycles. The van der Waals surface area contributed by atoms with E-state index in [0.717, 1.165) is 0 Å². The molecule has 0 aromatic rings. The van der Waals surface area contributed by atoms with Crippen LogP contribution in [-0.4, -0.2) is 53.5 Å². The number of rotatable bonds is 16. The van der Waals surface area contributed by atoms with Gasteiger partial charge in [-0.3, -0.25) is 4.79 Å². The van der Waals surface area contributed by atoms with Crippen LogP contribution < -0.4 is 0 Å². The Morgan fingerprint density at radius 2 is 1.43 bits per heavy atom. The summed E-state index contributed by atoms with van der Waals surface area (Å²) in [6.45, 7) is 8.79. The number of aliphatic hydroxyl groups is 1. The first kappa shape index (κ1) is 55.9. The summed E-state index contributed by atoms with van der Waals surface area (Å²) in [6, 6.07) is 0. The predicted octanol–water partition coefficient (Wildman–Crippen LogP) is 14.1. The fourth-order valence-corrected chi connectivity index (χ4v) is 136. The summed E-state index contributed by atoms with van der Waals surface area (Å²) in [5.74, 6) is -1.17. The molecule has 1 radical (unpaired) electrons. The third kappa shape index (κ3) is 14.4. The van der Waals surface area contributed by atoms with E-state index in [1.165, 1.54) is 12.5 Å². The number of fused-ring (bicyclic) bond motifs is 1. The first-order valence-corrected chi connectivity index (χ1v) is 50.0. The van der Waals surface area contributed by atoms with E-state index in [2.05, 4.69) is 132 Å². The smallest absolute Gasteiger partial charge is 0.302 e. The number of hydrogen-bond donors (Lipinski definition) is 1. The largest absolute Gasteiger partial charge is 0.462 e. The van der Waals surface area contributed by atoms with Crippen LogP contribution in [0.15, 0.2) is 11.6 Å². The quantitative estimate of drug-likeness (QED) is 0.0935. The van der Waals surface area contributed by atoms with Crippen molar-refractivity contribution < 1.29 is 77.3 Å². The van der Waals surface area contributed by atoms with Crippen molar-refractivity contribution in [3.05, 3.63) is 11.6 Å². The number of Topliss-reactive ketones (excluding diaryl/α,β-unsaturated/α-hetero) is 1. The van der Waals surface area contributed by atoms with Gasteiger partial charge in [-0.2, -0.15) is 0 Å². The van der Waals surface area contributed by atoms with E-state index < -0.39 is 83.5 Å². The molecule has 1 N–H and O–H groups in total. The number of esters is 1. The Hall–Kier alpha value is 8.76. The molecule has 0 bridgehead atoms. The van der Waals surface area contributed by atoms with Gasteiger partial charge in [0.1, 0.15) is 17.5 Å². The van der Waals surface area contributed by atoms with Crippen molar-refractivity contribution in [1.29, 1.82) is 0 Å². The number of ether oxygens (including phenoxy) is 2. The SMILES string of the molecule is CC(=O)C[C@@]1(C)C([C@H](OC(C)=O)C2C[C@H](OP(P(P)P(P)P)P(P(P)P)P(P)P)C(C)=CC2(C)C)[C@]2(O)CO[C@@H]2C[C@@H]1OP(P(P)P)P(P)P.[Ac]. The summed E-state index contributed by atoms with van der Waals surface area (Å²) >= 11 is 0. The van der Waals surface area contributed by atoms with Gasteiger partial charge in [-0.25, -0.2) is 0 Å². The topological polar surface area (TPSA) is 91.3 Å². The fourth-order valence-electron chi connectivity index (χ4n) is 7.53. The number of carbonyl (C=O) groups is 2. The van der Waals surface area contributed by atoms with E-state index in [-0.39, 0.29) is 102 Å². The van der Waals surface area contributed by atoms with Gasteiger partial charge in [0.15, 0.2) is 0 Å². The third-order valence-electron chi connectivity index (χ3n) is 9.49. The molecule has 0 aromatic carbocycles. The van der Waals surface area contributed by atoms with Crippen LogP contribution in [0.2, 0.25) is 0 Å². The van der Waals surface area contributed by atoms with Gasteiger partial charge in [-0.05, 0) is 66.2 Å². The minimum atomic E-state index is -1.28. The molecule has 293 valence electrons. The van der Waals surface area contributed by atoms with Crippen LogP contribution in [0, 0.1) is 66.7 Å². The molecule has 1 saturated carbocycles. The molecular weight excluding hydrogens is 1230 g/mol. The van der Waals surface area contributed by atoms with Gasteiger partial charge >= 0.3 is 5.97 Å². The van der Waals surface area contributed by atoms with Crippen LogP contribution >= 0.6 is 162 Å². The second-order valence-electron chi connectivity index (χ2n) is 13.7. The Kier molecular flexibility index (Phi) is 26.7. The Morgan fingerprint density at radius 3 is 1.84 bits per heavy atom. The van der Waals surface area contributed by atoms with Gasteiger partial charge < -0.3 is 28.4 Å². The third-order valence-corrected chi connectivity index (χ3v) is 103. The molecule has 0 spiro atoms. The maximum atomic E-state index is 13.2. The molecule has 1 heterocycles. The number of hydrogen-bond acceptors (Lipinski definition) is 7. The Morgan fingerprint density at radius 1 is 0.882 bits per heavy atom. The van der Waals surface area contributed by atoms with Gasteiger partial charge in [0.05, 0.1) is 40.0 Å². The Bertz CT molecular complexity index is 1220. The molecule has 15 unspecified atom stereocenters. The van der Waals surface area contributed by atoms with Crippen LogP contribution in [0.5, 0.6) is 0 Å². The Labute approximate surface area is 378 Å². The zero-order valence-electron chi connectivity index (χ0n) is 29.7. The zero-order valence-corrected chi connectivity index (χ0v) is 55.2. The maximum absolute atomic E-state index is 13.2. The van der Waals surface area contributed by atoms with Crippen LogP contribution in [0.1, 0.15) is 60.8 Å². The van der Waals surface area contributed by atoms with Crippen molar-refractivity contribution in [2.45, 2.75) is 90.8 Å². The minimum Gasteiger partial charge on any atom is -0.462 e. The average molecular weight is 1290 g/mol. The maximum Gasteiger partial charge on any atom is 0.302 e. The van der Waals surface area contributed by atoms with Crippen molar-refractivity contribution in [1.82, 2.24) is 0 Å². The summed E-state index contributed by atoms with van der Waals surface area (Å²) in [4.78, 5) is 26.4. The normalized spacial score (nSPS) is 32.5.